The fraction of sp³-hybridized carbons (Fsp3) is 0.619. The van der Waals surface area contributed by atoms with Gasteiger partial charge >= 0.3 is 0 Å². The van der Waals surface area contributed by atoms with Crippen LogP contribution >= 0.6 is 0 Å². The lowest BCUT2D eigenvalue weighted by molar-refractivity contribution is -0.921. The van der Waals surface area contributed by atoms with Crippen molar-refractivity contribution in [2.24, 2.45) is 5.92 Å². The highest BCUT2D eigenvalue weighted by Crippen LogP contribution is 2.40. The first-order chi connectivity index (χ1) is 10.9. The van der Waals surface area contributed by atoms with Gasteiger partial charge in [-0.3, -0.25) is 0 Å². The molecule has 1 fully saturated rings. The molecule has 2 nitrogen and oxygen atoms in total. The number of hydrogen-bond acceptors (Lipinski definition) is 1. The van der Waals surface area contributed by atoms with Crippen LogP contribution in [0.25, 0.3) is 0 Å². The quantitative estimate of drug-likeness (QED) is 0.644. The summed E-state index contributed by atoms with van der Waals surface area (Å²) in [5, 5.41) is 11.4. The lowest BCUT2D eigenvalue weighted by atomic mass is 9.80. The van der Waals surface area contributed by atoms with E-state index in [4.69, 9.17) is 0 Å². The van der Waals surface area contributed by atoms with E-state index in [2.05, 4.69) is 39.7 Å². The zero-order valence-corrected chi connectivity index (χ0v) is 15.2. The first-order valence-electron chi connectivity index (χ1n) is 9.04. The van der Waals surface area contributed by atoms with Gasteiger partial charge in [0.05, 0.1) is 19.6 Å². The summed E-state index contributed by atoms with van der Waals surface area (Å²) in [6.07, 6.45) is 4.56. The van der Waals surface area contributed by atoms with Gasteiger partial charge in [0, 0.05) is 5.92 Å². The molecule has 0 aromatic heterocycles. The van der Waals surface area contributed by atoms with E-state index >= 15 is 0 Å². The summed E-state index contributed by atoms with van der Waals surface area (Å²) in [6.45, 7) is 8.54. The Labute approximate surface area is 142 Å². The molecule has 0 saturated heterocycles. The van der Waals surface area contributed by atoms with Gasteiger partial charge in [0.2, 0.25) is 0 Å². The predicted molar refractivity (Wildman–Crippen MR) is 96.8 cm³/mol. The van der Waals surface area contributed by atoms with Crippen molar-refractivity contribution in [3.63, 3.8) is 0 Å². The number of benzene rings is 1. The normalized spacial score (nSPS) is 20.6. The van der Waals surface area contributed by atoms with Gasteiger partial charge in [-0.25, -0.2) is 0 Å². The van der Waals surface area contributed by atoms with Gasteiger partial charge in [0.15, 0.2) is 5.60 Å². The molecule has 126 valence electrons. The minimum Gasteiger partial charge on any atom is -0.373 e. The van der Waals surface area contributed by atoms with Crippen molar-refractivity contribution in [2.75, 3.05) is 20.1 Å². The van der Waals surface area contributed by atoms with Crippen LogP contribution in [0.3, 0.4) is 0 Å². The molecule has 0 radical (unpaired) electrons. The molecule has 1 aromatic carbocycles. The molecule has 1 N–H and O–H groups in total. The number of nitrogens with zero attached hydrogens (tertiary/aromatic N) is 1. The number of rotatable bonds is 5. The molecule has 0 bridgehead atoms. The summed E-state index contributed by atoms with van der Waals surface area (Å²) in [7, 11) is 2.25. The molecule has 0 heterocycles. The minimum atomic E-state index is -0.993. The molecule has 0 aliphatic heterocycles. The molecule has 1 aliphatic carbocycles. The van der Waals surface area contributed by atoms with E-state index in [9.17, 15) is 5.11 Å². The Kier molecular flexibility index (Phi) is 5.89. The first kappa shape index (κ1) is 18.0. The summed E-state index contributed by atoms with van der Waals surface area (Å²) in [6, 6.07) is 10.6. The Morgan fingerprint density at radius 1 is 1.22 bits per heavy atom. The Morgan fingerprint density at radius 3 is 2.35 bits per heavy atom. The molecular formula is C21H32NO+. The van der Waals surface area contributed by atoms with Crippen LogP contribution in [0.4, 0.5) is 0 Å². The molecule has 1 aromatic rings. The minimum absolute atomic E-state index is 0.261. The van der Waals surface area contributed by atoms with E-state index in [1.807, 2.05) is 30.3 Å². The van der Waals surface area contributed by atoms with E-state index < -0.39 is 5.60 Å². The number of aliphatic hydroxyl groups is 1. The SMILES string of the molecule is CC[N+](C)(CC#C[C@](O)(c1ccccc1)C1CCCC1)C(C)C. The smallest absolute Gasteiger partial charge is 0.153 e. The highest BCUT2D eigenvalue weighted by molar-refractivity contribution is 5.33. The van der Waals surface area contributed by atoms with Crippen LogP contribution in [-0.4, -0.2) is 35.8 Å². The second kappa shape index (κ2) is 7.51. The molecular weight excluding hydrogens is 282 g/mol. The van der Waals surface area contributed by atoms with Gasteiger partial charge in [-0.1, -0.05) is 49.1 Å². The largest absolute Gasteiger partial charge is 0.373 e. The third-order valence-electron chi connectivity index (χ3n) is 5.85. The van der Waals surface area contributed by atoms with Crippen molar-refractivity contribution < 1.29 is 9.59 Å². The average Bonchev–Trinajstić information content (AvgIpc) is 3.10. The molecule has 2 heteroatoms. The second-order valence-corrected chi connectivity index (χ2v) is 7.46. The van der Waals surface area contributed by atoms with Crippen molar-refractivity contribution in [3.8, 4) is 11.8 Å². The van der Waals surface area contributed by atoms with Crippen LogP contribution in [0.15, 0.2) is 30.3 Å². The summed E-state index contributed by atoms with van der Waals surface area (Å²) in [4.78, 5) is 0. The topological polar surface area (TPSA) is 20.2 Å². The fourth-order valence-corrected chi connectivity index (χ4v) is 3.46. The molecule has 2 rings (SSSR count). The van der Waals surface area contributed by atoms with Crippen LogP contribution in [0.5, 0.6) is 0 Å². The van der Waals surface area contributed by atoms with Gasteiger partial charge in [0.25, 0.3) is 0 Å². The molecule has 1 saturated carbocycles. The third-order valence-corrected chi connectivity index (χ3v) is 5.85. The van der Waals surface area contributed by atoms with E-state index in [1.165, 1.54) is 12.8 Å². The van der Waals surface area contributed by atoms with Crippen molar-refractivity contribution >= 4 is 0 Å². The Bertz CT molecular complexity index is 550. The van der Waals surface area contributed by atoms with Gasteiger partial charge in [-0.05, 0) is 45.1 Å². The Hall–Kier alpha value is -1.30. The molecule has 0 spiro atoms. The highest BCUT2D eigenvalue weighted by Gasteiger charge is 2.38. The highest BCUT2D eigenvalue weighted by atomic mass is 16.3. The van der Waals surface area contributed by atoms with Gasteiger partial charge in [-0.2, -0.15) is 0 Å². The van der Waals surface area contributed by atoms with E-state index in [-0.39, 0.29) is 5.92 Å². The van der Waals surface area contributed by atoms with Crippen molar-refractivity contribution in [2.45, 2.75) is 58.1 Å². The lowest BCUT2D eigenvalue weighted by Gasteiger charge is -2.36. The average molecular weight is 314 g/mol. The standard InChI is InChI=1S/C21H32NO/c1-5-22(4,18(2)3)17-11-16-21(23,20-14-9-10-15-20)19-12-7-6-8-13-19/h6-8,12-13,18,20,23H,5,9-10,14-15,17H2,1-4H3/q+1/t21-,22?/m0/s1. The summed E-state index contributed by atoms with van der Waals surface area (Å²) < 4.78 is 0.919. The molecule has 1 aliphatic rings. The zero-order valence-electron chi connectivity index (χ0n) is 15.2. The summed E-state index contributed by atoms with van der Waals surface area (Å²) in [5.74, 6) is 6.90. The zero-order chi connectivity index (χ0) is 16.9. The fourth-order valence-electron chi connectivity index (χ4n) is 3.46. The van der Waals surface area contributed by atoms with E-state index in [1.54, 1.807) is 0 Å². The van der Waals surface area contributed by atoms with Gasteiger partial charge in [-0.15, -0.1) is 0 Å². The van der Waals surface area contributed by atoms with Crippen LogP contribution in [0, 0.1) is 17.8 Å². The van der Waals surface area contributed by atoms with E-state index in [0.29, 0.717) is 6.04 Å². The molecule has 0 amide bonds. The van der Waals surface area contributed by atoms with Crippen LogP contribution in [0.2, 0.25) is 0 Å². The predicted octanol–water partition coefficient (Wildman–Crippen LogP) is 3.94. The second-order valence-electron chi connectivity index (χ2n) is 7.46. The summed E-state index contributed by atoms with van der Waals surface area (Å²) in [5.41, 5.74) is -0.0394. The van der Waals surface area contributed by atoms with Crippen molar-refractivity contribution in [1.29, 1.82) is 0 Å². The van der Waals surface area contributed by atoms with Crippen LogP contribution < -0.4 is 0 Å². The van der Waals surface area contributed by atoms with Crippen molar-refractivity contribution in [3.05, 3.63) is 35.9 Å². The summed E-state index contributed by atoms with van der Waals surface area (Å²) >= 11 is 0. The maximum atomic E-state index is 11.4. The maximum absolute atomic E-state index is 11.4. The molecule has 1 unspecified atom stereocenters. The van der Waals surface area contributed by atoms with Crippen LogP contribution in [-0.2, 0) is 5.60 Å². The molecule has 23 heavy (non-hydrogen) atoms. The van der Waals surface area contributed by atoms with Crippen molar-refractivity contribution in [1.82, 2.24) is 0 Å². The lowest BCUT2D eigenvalue weighted by Crippen LogP contribution is -2.49. The Morgan fingerprint density at radius 2 is 1.83 bits per heavy atom. The van der Waals surface area contributed by atoms with E-state index in [0.717, 1.165) is 36.0 Å². The third kappa shape index (κ3) is 3.97. The number of quaternary nitrogens is 1. The van der Waals surface area contributed by atoms with Gasteiger partial charge in [0.1, 0.15) is 6.54 Å². The maximum Gasteiger partial charge on any atom is 0.153 e. The molecule has 2 atom stereocenters. The van der Waals surface area contributed by atoms with Crippen LogP contribution in [0.1, 0.15) is 52.0 Å². The monoisotopic (exact) mass is 314 g/mol. The first-order valence-corrected chi connectivity index (χ1v) is 9.04. The Balaban J connectivity index is 2.28. The van der Waals surface area contributed by atoms with Gasteiger partial charge < -0.3 is 9.59 Å². The number of hydrogen-bond donors (Lipinski definition) is 1.